The monoisotopic (exact) mass is 421 g/mol. The predicted molar refractivity (Wildman–Crippen MR) is 123 cm³/mol. The Labute approximate surface area is 182 Å². The van der Waals surface area contributed by atoms with Crippen molar-refractivity contribution in [2.24, 2.45) is 0 Å². The molecule has 2 saturated heterocycles. The van der Waals surface area contributed by atoms with Crippen molar-refractivity contribution in [3.63, 3.8) is 0 Å². The van der Waals surface area contributed by atoms with Gasteiger partial charge in [-0.1, -0.05) is 6.07 Å². The summed E-state index contributed by atoms with van der Waals surface area (Å²) in [7, 11) is 2.20. The number of carbonyl (C=O) groups is 1. The smallest absolute Gasteiger partial charge is 0.220 e. The van der Waals surface area contributed by atoms with Crippen LogP contribution in [0.3, 0.4) is 0 Å². The molecular formula is C25H31N3O3. The van der Waals surface area contributed by atoms with Crippen LogP contribution in [0.5, 0.6) is 5.75 Å². The van der Waals surface area contributed by atoms with Gasteiger partial charge in [0.25, 0.3) is 0 Å². The third-order valence-electron chi connectivity index (χ3n) is 6.90. The van der Waals surface area contributed by atoms with Crippen LogP contribution in [0.2, 0.25) is 0 Å². The fourth-order valence-corrected chi connectivity index (χ4v) is 5.00. The number of amides is 1. The second kappa shape index (κ2) is 8.89. The van der Waals surface area contributed by atoms with Crippen molar-refractivity contribution in [3.05, 3.63) is 42.2 Å². The van der Waals surface area contributed by atoms with Crippen LogP contribution in [-0.2, 0) is 4.79 Å². The first-order valence-corrected chi connectivity index (χ1v) is 11.4. The lowest BCUT2D eigenvalue weighted by Gasteiger charge is -2.31. The lowest BCUT2D eigenvalue weighted by atomic mass is 9.89. The largest absolute Gasteiger partial charge is 0.492 e. The summed E-state index contributed by atoms with van der Waals surface area (Å²) in [5.41, 5.74) is 2.09. The molecule has 0 saturated carbocycles. The van der Waals surface area contributed by atoms with Gasteiger partial charge in [-0.05, 0) is 74.4 Å². The topological polar surface area (TPSA) is 66.7 Å². The zero-order chi connectivity index (χ0) is 21.2. The van der Waals surface area contributed by atoms with Gasteiger partial charge in [0.1, 0.15) is 17.9 Å². The summed E-state index contributed by atoms with van der Waals surface area (Å²) in [5, 5.41) is 9.91. The van der Waals surface area contributed by atoms with Crippen molar-refractivity contribution < 1.29 is 13.9 Å². The average molecular weight is 422 g/mol. The molecule has 1 atom stereocenters. The Morgan fingerprint density at radius 2 is 2.03 bits per heavy atom. The standard InChI is InChI=1S/C25H31N3O3/c1-28(19-8-10-26-11-9-19)12-13-30-20-4-5-21-17(14-20)2-6-23-25(21)22(16-31-23)18-3-7-24(29)27-15-18/h2,4-6,14,16,18-19,26H,3,7-13,15H2,1H3,(H,27,29). The van der Waals surface area contributed by atoms with E-state index in [9.17, 15) is 4.79 Å². The van der Waals surface area contributed by atoms with E-state index in [1.54, 1.807) is 0 Å². The number of likely N-dealkylation sites (N-methyl/N-ethyl adjacent to an activating group) is 1. The molecule has 2 N–H and O–H groups in total. The molecule has 6 nitrogen and oxygen atoms in total. The van der Waals surface area contributed by atoms with Crippen molar-refractivity contribution in [1.82, 2.24) is 15.5 Å². The van der Waals surface area contributed by atoms with E-state index in [-0.39, 0.29) is 5.91 Å². The van der Waals surface area contributed by atoms with Gasteiger partial charge in [-0.3, -0.25) is 9.69 Å². The van der Waals surface area contributed by atoms with Crippen LogP contribution in [0, 0.1) is 0 Å². The number of ether oxygens (including phenoxy) is 1. The molecule has 3 aromatic rings. The number of rotatable bonds is 6. The highest BCUT2D eigenvalue weighted by atomic mass is 16.5. The van der Waals surface area contributed by atoms with Crippen LogP contribution in [0.25, 0.3) is 21.7 Å². The Hall–Kier alpha value is -2.57. The Bertz CT molecular complexity index is 1060. The Balaban J connectivity index is 1.31. The third-order valence-corrected chi connectivity index (χ3v) is 6.90. The van der Waals surface area contributed by atoms with Gasteiger partial charge in [-0.25, -0.2) is 0 Å². The molecule has 6 heteroatoms. The van der Waals surface area contributed by atoms with E-state index in [0.29, 0.717) is 31.5 Å². The molecule has 2 aromatic carbocycles. The molecule has 2 fully saturated rings. The van der Waals surface area contributed by atoms with Crippen LogP contribution < -0.4 is 15.4 Å². The predicted octanol–water partition coefficient (Wildman–Crippen LogP) is 3.64. The number of nitrogens with zero attached hydrogens (tertiary/aromatic N) is 1. The summed E-state index contributed by atoms with van der Waals surface area (Å²) in [6.45, 7) is 4.51. The Kier molecular flexibility index (Phi) is 5.83. The fourth-order valence-electron chi connectivity index (χ4n) is 5.00. The highest BCUT2D eigenvalue weighted by molar-refractivity contribution is 6.08. The van der Waals surface area contributed by atoms with Crippen molar-refractivity contribution >= 4 is 27.6 Å². The van der Waals surface area contributed by atoms with Gasteiger partial charge in [0.05, 0.1) is 6.26 Å². The highest BCUT2D eigenvalue weighted by Crippen LogP contribution is 2.37. The second-order valence-electron chi connectivity index (χ2n) is 8.86. The van der Waals surface area contributed by atoms with E-state index < -0.39 is 0 Å². The maximum atomic E-state index is 11.6. The van der Waals surface area contributed by atoms with E-state index in [0.717, 1.165) is 48.2 Å². The molecule has 1 amide bonds. The minimum absolute atomic E-state index is 0.140. The number of fused-ring (bicyclic) bond motifs is 3. The van der Waals surface area contributed by atoms with E-state index in [4.69, 9.17) is 9.15 Å². The SMILES string of the molecule is CN(CCOc1ccc2c(ccc3occ(C4CCC(=O)NC4)c32)c1)C1CCNCC1. The molecule has 5 rings (SSSR count). The van der Waals surface area contributed by atoms with Gasteiger partial charge in [0.15, 0.2) is 0 Å². The first kappa shape index (κ1) is 20.3. The van der Waals surface area contributed by atoms with Gasteiger partial charge in [0, 0.05) is 42.4 Å². The van der Waals surface area contributed by atoms with E-state index in [1.165, 1.54) is 23.8 Å². The normalized spacial score (nSPS) is 20.5. The lowest BCUT2D eigenvalue weighted by Crippen LogP contribution is -2.42. The minimum Gasteiger partial charge on any atom is -0.492 e. The molecule has 1 aromatic heterocycles. The first-order chi connectivity index (χ1) is 15.2. The maximum Gasteiger partial charge on any atom is 0.220 e. The Morgan fingerprint density at radius 3 is 2.84 bits per heavy atom. The van der Waals surface area contributed by atoms with Gasteiger partial charge in [-0.15, -0.1) is 0 Å². The number of nitrogens with one attached hydrogen (secondary N) is 2. The molecule has 3 heterocycles. The molecule has 0 bridgehead atoms. The van der Waals surface area contributed by atoms with Crippen LogP contribution in [0.1, 0.15) is 37.2 Å². The summed E-state index contributed by atoms with van der Waals surface area (Å²) in [6.07, 6.45) is 5.72. The van der Waals surface area contributed by atoms with Crippen LogP contribution >= 0.6 is 0 Å². The van der Waals surface area contributed by atoms with Gasteiger partial charge in [-0.2, -0.15) is 0 Å². The van der Waals surface area contributed by atoms with Crippen molar-refractivity contribution in [1.29, 1.82) is 0 Å². The van der Waals surface area contributed by atoms with Crippen molar-refractivity contribution in [3.8, 4) is 5.75 Å². The minimum atomic E-state index is 0.140. The number of hydrogen-bond donors (Lipinski definition) is 2. The highest BCUT2D eigenvalue weighted by Gasteiger charge is 2.24. The van der Waals surface area contributed by atoms with Gasteiger partial charge in [0.2, 0.25) is 5.91 Å². The zero-order valence-electron chi connectivity index (χ0n) is 18.2. The van der Waals surface area contributed by atoms with E-state index >= 15 is 0 Å². The summed E-state index contributed by atoms with van der Waals surface area (Å²) in [5.74, 6) is 1.34. The summed E-state index contributed by atoms with van der Waals surface area (Å²) >= 11 is 0. The Morgan fingerprint density at radius 1 is 1.16 bits per heavy atom. The number of hydrogen-bond acceptors (Lipinski definition) is 5. The molecule has 31 heavy (non-hydrogen) atoms. The maximum absolute atomic E-state index is 11.6. The molecule has 2 aliphatic heterocycles. The second-order valence-corrected chi connectivity index (χ2v) is 8.86. The summed E-state index contributed by atoms with van der Waals surface area (Å²) in [4.78, 5) is 14.0. The molecule has 0 spiro atoms. The van der Waals surface area contributed by atoms with Gasteiger partial charge >= 0.3 is 0 Å². The van der Waals surface area contributed by atoms with Crippen LogP contribution in [0.15, 0.2) is 41.0 Å². The molecule has 2 aliphatic rings. The van der Waals surface area contributed by atoms with Crippen LogP contribution in [-0.4, -0.2) is 56.7 Å². The third kappa shape index (κ3) is 4.27. The molecule has 1 unspecified atom stereocenters. The lowest BCUT2D eigenvalue weighted by molar-refractivity contribution is -0.122. The van der Waals surface area contributed by atoms with E-state index in [1.807, 2.05) is 12.3 Å². The van der Waals surface area contributed by atoms with E-state index in [2.05, 4.69) is 46.8 Å². The first-order valence-electron chi connectivity index (χ1n) is 11.4. The molecule has 0 aliphatic carbocycles. The molecular weight excluding hydrogens is 390 g/mol. The van der Waals surface area contributed by atoms with Gasteiger partial charge < -0.3 is 19.8 Å². The molecule has 164 valence electrons. The number of benzene rings is 2. The summed E-state index contributed by atoms with van der Waals surface area (Å²) in [6, 6.07) is 11.1. The number of furan rings is 1. The fraction of sp³-hybridized carbons (Fsp3) is 0.480. The van der Waals surface area contributed by atoms with Crippen LogP contribution in [0.4, 0.5) is 0 Å². The average Bonchev–Trinajstić information content (AvgIpc) is 3.24. The number of piperidine rings is 2. The van der Waals surface area contributed by atoms with Crippen molar-refractivity contribution in [2.75, 3.05) is 39.8 Å². The number of carbonyl (C=O) groups excluding carboxylic acids is 1. The summed E-state index contributed by atoms with van der Waals surface area (Å²) < 4.78 is 12.0. The molecule has 0 radical (unpaired) electrons. The quantitative estimate of drug-likeness (QED) is 0.636. The zero-order valence-corrected chi connectivity index (χ0v) is 18.2. The van der Waals surface area contributed by atoms with Crippen molar-refractivity contribution in [2.45, 2.75) is 37.6 Å².